The van der Waals surface area contributed by atoms with Gasteiger partial charge in [0.2, 0.25) is 0 Å². The van der Waals surface area contributed by atoms with Crippen molar-refractivity contribution in [2.24, 2.45) is 0 Å². The van der Waals surface area contributed by atoms with E-state index in [1.165, 1.54) is 0 Å². The normalized spacial score (nSPS) is 43.7. The number of hydrogen-bond acceptors (Lipinski definition) is 2. The van der Waals surface area contributed by atoms with Crippen LogP contribution >= 0.6 is 0 Å². The maximum Gasteiger partial charge on any atom is 0.128 e. The fourth-order valence-electron chi connectivity index (χ4n) is 1.00. The zero-order chi connectivity index (χ0) is 6.85. The molecular formula is C6H11FO2. The van der Waals surface area contributed by atoms with E-state index in [2.05, 4.69) is 0 Å². The number of alkyl halides is 1. The van der Waals surface area contributed by atoms with Gasteiger partial charge in [-0.15, -0.1) is 0 Å². The third kappa shape index (κ3) is 1.40. The lowest BCUT2D eigenvalue weighted by Gasteiger charge is -2.05. The zero-order valence-electron chi connectivity index (χ0n) is 5.38. The van der Waals surface area contributed by atoms with Crippen LogP contribution in [0.2, 0.25) is 0 Å². The molecule has 0 aromatic heterocycles. The second-order valence-corrected chi connectivity index (χ2v) is 2.40. The first-order valence-corrected chi connectivity index (χ1v) is 3.14. The van der Waals surface area contributed by atoms with E-state index in [0.717, 1.165) is 0 Å². The quantitative estimate of drug-likeness (QED) is 0.565. The Balaban J connectivity index is 2.35. The number of rotatable bonds is 1. The van der Waals surface area contributed by atoms with Crippen LogP contribution in [0.25, 0.3) is 0 Å². The molecule has 1 fully saturated rings. The molecule has 0 saturated carbocycles. The van der Waals surface area contributed by atoms with Crippen molar-refractivity contribution in [2.75, 3.05) is 6.61 Å². The van der Waals surface area contributed by atoms with Crippen molar-refractivity contribution in [3.63, 3.8) is 0 Å². The first kappa shape index (κ1) is 6.96. The molecule has 2 nitrogen and oxygen atoms in total. The minimum Gasteiger partial charge on any atom is -0.394 e. The largest absolute Gasteiger partial charge is 0.394 e. The van der Waals surface area contributed by atoms with Gasteiger partial charge in [-0.1, -0.05) is 0 Å². The van der Waals surface area contributed by atoms with Crippen LogP contribution in [0.5, 0.6) is 0 Å². The van der Waals surface area contributed by atoms with Crippen LogP contribution in [-0.2, 0) is 4.74 Å². The highest BCUT2D eigenvalue weighted by Gasteiger charge is 2.31. The van der Waals surface area contributed by atoms with E-state index >= 15 is 0 Å². The number of aliphatic hydroxyl groups excluding tert-OH is 1. The molecule has 1 unspecified atom stereocenters. The Morgan fingerprint density at radius 1 is 1.78 bits per heavy atom. The predicted molar refractivity (Wildman–Crippen MR) is 30.9 cm³/mol. The molecule has 1 saturated heterocycles. The van der Waals surface area contributed by atoms with Gasteiger partial charge in [-0.3, -0.25) is 0 Å². The number of aliphatic hydroxyl groups is 1. The topological polar surface area (TPSA) is 29.5 Å². The summed E-state index contributed by atoms with van der Waals surface area (Å²) in [6, 6.07) is 0. The number of halogens is 1. The highest BCUT2D eigenvalue weighted by Crippen LogP contribution is 2.21. The van der Waals surface area contributed by atoms with E-state index in [0.29, 0.717) is 6.42 Å². The van der Waals surface area contributed by atoms with Gasteiger partial charge in [-0.2, -0.15) is 0 Å². The molecule has 0 aliphatic carbocycles. The Morgan fingerprint density at radius 2 is 2.44 bits per heavy atom. The average molecular weight is 134 g/mol. The Labute approximate surface area is 53.6 Å². The van der Waals surface area contributed by atoms with Crippen LogP contribution in [0, 0.1) is 0 Å². The standard InChI is InChI=1S/C6H11FO2/c1-4-6(7)2-5(3-8)9-4/h4-6,8H,2-3H2,1H3/t4-,5-,6?/m0/s1. The number of ether oxygens (including phenoxy) is 1. The predicted octanol–water partition coefficient (Wildman–Crippen LogP) is 0.494. The van der Waals surface area contributed by atoms with Crippen LogP contribution in [0.15, 0.2) is 0 Å². The van der Waals surface area contributed by atoms with Gasteiger partial charge in [0.15, 0.2) is 0 Å². The summed E-state index contributed by atoms with van der Waals surface area (Å²) in [5.74, 6) is 0. The first-order valence-electron chi connectivity index (χ1n) is 3.14. The Bertz CT molecular complexity index is 87.1. The summed E-state index contributed by atoms with van der Waals surface area (Å²) in [7, 11) is 0. The Kier molecular flexibility index (Phi) is 2.03. The highest BCUT2D eigenvalue weighted by atomic mass is 19.1. The summed E-state index contributed by atoms with van der Waals surface area (Å²) in [6.07, 6.45) is -1.14. The van der Waals surface area contributed by atoms with Gasteiger partial charge in [0.05, 0.1) is 18.8 Å². The third-order valence-electron chi connectivity index (χ3n) is 1.61. The van der Waals surface area contributed by atoms with Gasteiger partial charge in [-0.25, -0.2) is 4.39 Å². The molecule has 0 spiro atoms. The zero-order valence-corrected chi connectivity index (χ0v) is 5.38. The van der Waals surface area contributed by atoms with Crippen molar-refractivity contribution in [2.45, 2.75) is 31.7 Å². The van der Waals surface area contributed by atoms with Crippen molar-refractivity contribution >= 4 is 0 Å². The average Bonchev–Trinajstić information content (AvgIpc) is 2.13. The lowest BCUT2D eigenvalue weighted by Crippen LogP contribution is -2.12. The lowest BCUT2D eigenvalue weighted by molar-refractivity contribution is 0.0110. The molecule has 0 radical (unpaired) electrons. The SMILES string of the molecule is C[C@@H]1O[C@H](CO)CC1F. The lowest BCUT2D eigenvalue weighted by atomic mass is 10.2. The highest BCUT2D eigenvalue weighted by molar-refractivity contribution is 4.78. The van der Waals surface area contributed by atoms with Crippen molar-refractivity contribution in [1.82, 2.24) is 0 Å². The maximum atomic E-state index is 12.5. The van der Waals surface area contributed by atoms with E-state index in [9.17, 15) is 4.39 Å². The molecule has 0 amide bonds. The summed E-state index contributed by atoms with van der Waals surface area (Å²) in [6.45, 7) is 1.62. The molecular weight excluding hydrogens is 123 g/mol. The summed E-state index contributed by atoms with van der Waals surface area (Å²) < 4.78 is 17.5. The second kappa shape index (κ2) is 2.62. The van der Waals surface area contributed by atoms with E-state index in [1.807, 2.05) is 0 Å². The van der Waals surface area contributed by atoms with Crippen molar-refractivity contribution in [3.8, 4) is 0 Å². The van der Waals surface area contributed by atoms with Gasteiger partial charge < -0.3 is 9.84 Å². The van der Waals surface area contributed by atoms with E-state index in [-0.39, 0.29) is 18.8 Å². The fourth-order valence-corrected chi connectivity index (χ4v) is 1.00. The van der Waals surface area contributed by atoms with Crippen molar-refractivity contribution in [1.29, 1.82) is 0 Å². The second-order valence-electron chi connectivity index (χ2n) is 2.40. The van der Waals surface area contributed by atoms with Crippen LogP contribution in [-0.4, -0.2) is 30.1 Å². The molecule has 1 aliphatic heterocycles. The summed E-state index contributed by atoms with van der Waals surface area (Å²) >= 11 is 0. The van der Waals surface area contributed by atoms with Crippen LogP contribution in [0.4, 0.5) is 4.39 Å². The van der Waals surface area contributed by atoms with E-state index < -0.39 is 6.17 Å². The molecule has 54 valence electrons. The van der Waals surface area contributed by atoms with E-state index in [1.54, 1.807) is 6.92 Å². The van der Waals surface area contributed by atoms with Gasteiger partial charge in [-0.05, 0) is 6.92 Å². The molecule has 3 heteroatoms. The Morgan fingerprint density at radius 3 is 2.67 bits per heavy atom. The molecule has 0 bridgehead atoms. The third-order valence-corrected chi connectivity index (χ3v) is 1.61. The van der Waals surface area contributed by atoms with Gasteiger partial charge >= 0.3 is 0 Å². The summed E-state index contributed by atoms with van der Waals surface area (Å²) in [4.78, 5) is 0. The van der Waals surface area contributed by atoms with Crippen LogP contribution in [0.1, 0.15) is 13.3 Å². The molecule has 1 heterocycles. The van der Waals surface area contributed by atoms with Crippen molar-refractivity contribution in [3.05, 3.63) is 0 Å². The number of hydrogen-bond donors (Lipinski definition) is 1. The van der Waals surface area contributed by atoms with Crippen LogP contribution in [0.3, 0.4) is 0 Å². The fraction of sp³-hybridized carbons (Fsp3) is 1.00. The summed E-state index contributed by atoms with van der Waals surface area (Å²) in [5, 5.41) is 8.51. The smallest absolute Gasteiger partial charge is 0.128 e. The molecule has 3 atom stereocenters. The molecule has 1 rings (SSSR count). The van der Waals surface area contributed by atoms with Gasteiger partial charge in [0.1, 0.15) is 6.17 Å². The van der Waals surface area contributed by atoms with Gasteiger partial charge in [0, 0.05) is 6.42 Å². The minimum absolute atomic E-state index is 0.0647. The monoisotopic (exact) mass is 134 g/mol. The molecule has 9 heavy (non-hydrogen) atoms. The van der Waals surface area contributed by atoms with Gasteiger partial charge in [0.25, 0.3) is 0 Å². The van der Waals surface area contributed by atoms with Crippen molar-refractivity contribution < 1.29 is 14.2 Å². The molecule has 1 aliphatic rings. The summed E-state index contributed by atoms with van der Waals surface area (Å²) in [5.41, 5.74) is 0. The molecule has 0 aromatic carbocycles. The first-order chi connectivity index (χ1) is 4.24. The minimum atomic E-state index is -0.887. The van der Waals surface area contributed by atoms with Crippen LogP contribution < -0.4 is 0 Å². The molecule has 0 aromatic rings. The van der Waals surface area contributed by atoms with E-state index in [4.69, 9.17) is 9.84 Å². The maximum absolute atomic E-state index is 12.5. The molecule has 1 N–H and O–H groups in total. The Hall–Kier alpha value is -0.150.